The van der Waals surface area contributed by atoms with Gasteiger partial charge < -0.3 is 10.6 Å². The molecule has 4 heteroatoms. The molecular formula is C17H21N3O. The minimum absolute atomic E-state index is 0.0918. The highest BCUT2D eigenvalue weighted by molar-refractivity contribution is 6.05. The van der Waals surface area contributed by atoms with E-state index in [0.29, 0.717) is 11.5 Å². The number of pyridine rings is 1. The summed E-state index contributed by atoms with van der Waals surface area (Å²) in [6.07, 6.45) is 2.00. The fourth-order valence-electron chi connectivity index (χ4n) is 2.96. The lowest BCUT2D eigenvalue weighted by molar-refractivity contribution is 0.0695. The molecule has 1 aromatic carbocycles. The molecule has 0 bridgehead atoms. The average molecular weight is 283 g/mol. The van der Waals surface area contributed by atoms with Crippen molar-refractivity contribution in [2.24, 2.45) is 11.7 Å². The van der Waals surface area contributed by atoms with Gasteiger partial charge >= 0.3 is 0 Å². The third-order valence-electron chi connectivity index (χ3n) is 4.32. The number of rotatable bonds is 2. The molecule has 0 atom stereocenters. The Kier molecular flexibility index (Phi) is 3.88. The van der Waals surface area contributed by atoms with Gasteiger partial charge in [0.05, 0.1) is 11.1 Å². The maximum atomic E-state index is 12.8. The molecule has 1 aliphatic rings. The van der Waals surface area contributed by atoms with Crippen molar-refractivity contribution in [2.45, 2.75) is 19.8 Å². The number of aryl methyl sites for hydroxylation is 1. The van der Waals surface area contributed by atoms with Gasteiger partial charge in [-0.2, -0.15) is 0 Å². The number of amides is 1. The van der Waals surface area contributed by atoms with Gasteiger partial charge in [-0.3, -0.25) is 9.78 Å². The molecule has 0 spiro atoms. The number of nitrogens with zero attached hydrogens (tertiary/aromatic N) is 2. The Morgan fingerprint density at radius 3 is 2.76 bits per heavy atom. The van der Waals surface area contributed by atoms with Gasteiger partial charge in [-0.05, 0) is 44.4 Å². The van der Waals surface area contributed by atoms with Gasteiger partial charge in [-0.15, -0.1) is 0 Å². The first-order valence-electron chi connectivity index (χ1n) is 7.55. The number of fused-ring (bicyclic) bond motifs is 1. The van der Waals surface area contributed by atoms with E-state index >= 15 is 0 Å². The second kappa shape index (κ2) is 5.82. The van der Waals surface area contributed by atoms with Crippen LogP contribution in [0.25, 0.3) is 10.9 Å². The van der Waals surface area contributed by atoms with E-state index in [2.05, 4.69) is 4.98 Å². The summed E-state index contributed by atoms with van der Waals surface area (Å²) >= 11 is 0. The average Bonchev–Trinajstić information content (AvgIpc) is 2.53. The van der Waals surface area contributed by atoms with E-state index in [0.717, 1.165) is 49.1 Å². The zero-order valence-corrected chi connectivity index (χ0v) is 12.4. The van der Waals surface area contributed by atoms with Crippen molar-refractivity contribution in [2.75, 3.05) is 19.6 Å². The van der Waals surface area contributed by atoms with E-state index in [1.54, 1.807) is 0 Å². The summed E-state index contributed by atoms with van der Waals surface area (Å²) in [7, 11) is 0. The first-order valence-corrected chi connectivity index (χ1v) is 7.55. The zero-order chi connectivity index (χ0) is 14.8. The highest BCUT2D eigenvalue weighted by Crippen LogP contribution is 2.22. The fourth-order valence-corrected chi connectivity index (χ4v) is 2.96. The summed E-state index contributed by atoms with van der Waals surface area (Å²) in [4.78, 5) is 19.3. The maximum Gasteiger partial charge on any atom is 0.256 e. The largest absolute Gasteiger partial charge is 0.339 e. The molecule has 0 saturated carbocycles. The quantitative estimate of drug-likeness (QED) is 0.920. The molecule has 1 fully saturated rings. The Bertz CT molecular complexity index is 660. The number of nitrogens with two attached hydrogens (primary N) is 1. The molecular weight excluding hydrogens is 262 g/mol. The summed E-state index contributed by atoms with van der Waals surface area (Å²) in [5.74, 6) is 0.649. The van der Waals surface area contributed by atoms with Crippen LogP contribution < -0.4 is 5.73 Å². The SMILES string of the molecule is Cc1ccc2cccc(C(=O)N3CCC(CN)CC3)c2n1. The lowest BCUT2D eigenvalue weighted by atomic mass is 9.96. The van der Waals surface area contributed by atoms with Crippen molar-refractivity contribution >= 4 is 16.8 Å². The number of hydrogen-bond acceptors (Lipinski definition) is 3. The normalized spacial score (nSPS) is 16.4. The van der Waals surface area contributed by atoms with E-state index < -0.39 is 0 Å². The van der Waals surface area contributed by atoms with Crippen LogP contribution in [0.2, 0.25) is 0 Å². The van der Waals surface area contributed by atoms with E-state index in [-0.39, 0.29) is 5.91 Å². The fraction of sp³-hybridized carbons (Fsp3) is 0.412. The van der Waals surface area contributed by atoms with E-state index in [9.17, 15) is 4.79 Å². The Balaban J connectivity index is 1.90. The van der Waals surface area contributed by atoms with E-state index in [1.165, 1.54) is 0 Å². The third-order valence-corrected chi connectivity index (χ3v) is 4.32. The van der Waals surface area contributed by atoms with Crippen molar-refractivity contribution in [3.05, 3.63) is 41.6 Å². The lowest BCUT2D eigenvalue weighted by Gasteiger charge is -2.31. The van der Waals surface area contributed by atoms with Crippen LogP contribution in [-0.4, -0.2) is 35.4 Å². The van der Waals surface area contributed by atoms with Crippen LogP contribution in [-0.2, 0) is 0 Å². The minimum atomic E-state index is 0.0918. The van der Waals surface area contributed by atoms with Gasteiger partial charge in [0.25, 0.3) is 5.91 Å². The summed E-state index contributed by atoms with van der Waals surface area (Å²) in [5.41, 5.74) is 8.17. The Morgan fingerprint density at radius 1 is 1.29 bits per heavy atom. The molecule has 2 aromatic rings. The molecule has 0 aliphatic carbocycles. The van der Waals surface area contributed by atoms with Crippen molar-refractivity contribution in [3.8, 4) is 0 Å². The van der Waals surface area contributed by atoms with Crippen LogP contribution in [0.3, 0.4) is 0 Å². The molecule has 1 saturated heterocycles. The maximum absolute atomic E-state index is 12.8. The standard InChI is InChI=1S/C17H21N3O/c1-12-5-6-14-3-2-4-15(16(14)19-12)17(21)20-9-7-13(11-18)8-10-20/h2-6,13H,7-11,18H2,1H3. The predicted molar refractivity (Wildman–Crippen MR) is 84.2 cm³/mol. The molecule has 4 nitrogen and oxygen atoms in total. The Morgan fingerprint density at radius 2 is 2.05 bits per heavy atom. The number of hydrogen-bond donors (Lipinski definition) is 1. The highest BCUT2D eigenvalue weighted by Gasteiger charge is 2.24. The van der Waals surface area contributed by atoms with E-state index in [1.807, 2.05) is 42.2 Å². The molecule has 2 N–H and O–H groups in total. The third kappa shape index (κ3) is 2.76. The smallest absolute Gasteiger partial charge is 0.256 e. The highest BCUT2D eigenvalue weighted by atomic mass is 16.2. The van der Waals surface area contributed by atoms with Crippen LogP contribution in [0.1, 0.15) is 28.9 Å². The van der Waals surface area contributed by atoms with E-state index in [4.69, 9.17) is 5.73 Å². The van der Waals surface area contributed by atoms with Gasteiger partial charge in [0, 0.05) is 24.2 Å². The second-order valence-corrected chi connectivity index (χ2v) is 5.80. The van der Waals surface area contributed by atoms with Crippen molar-refractivity contribution in [3.63, 3.8) is 0 Å². The molecule has 110 valence electrons. The topological polar surface area (TPSA) is 59.2 Å². The van der Waals surface area contributed by atoms with Crippen LogP contribution in [0.4, 0.5) is 0 Å². The van der Waals surface area contributed by atoms with Crippen molar-refractivity contribution < 1.29 is 4.79 Å². The molecule has 2 heterocycles. The lowest BCUT2D eigenvalue weighted by Crippen LogP contribution is -2.40. The molecule has 21 heavy (non-hydrogen) atoms. The summed E-state index contributed by atoms with van der Waals surface area (Å²) in [6, 6.07) is 9.81. The summed E-state index contributed by atoms with van der Waals surface area (Å²) in [6.45, 7) is 4.26. The van der Waals surface area contributed by atoms with Crippen molar-refractivity contribution in [1.29, 1.82) is 0 Å². The van der Waals surface area contributed by atoms with Crippen LogP contribution in [0, 0.1) is 12.8 Å². The number of likely N-dealkylation sites (tertiary alicyclic amines) is 1. The number of aromatic nitrogens is 1. The van der Waals surface area contributed by atoms with Gasteiger partial charge in [0.15, 0.2) is 0 Å². The number of carbonyl (C=O) groups is 1. The molecule has 1 aliphatic heterocycles. The first-order chi connectivity index (χ1) is 10.2. The van der Waals surface area contributed by atoms with Gasteiger partial charge in [-0.25, -0.2) is 0 Å². The van der Waals surface area contributed by atoms with Gasteiger partial charge in [-0.1, -0.05) is 18.2 Å². The molecule has 3 rings (SSSR count). The monoisotopic (exact) mass is 283 g/mol. The zero-order valence-electron chi connectivity index (χ0n) is 12.4. The molecule has 0 unspecified atom stereocenters. The molecule has 0 radical (unpaired) electrons. The number of benzene rings is 1. The summed E-state index contributed by atoms with van der Waals surface area (Å²) < 4.78 is 0. The number of para-hydroxylation sites is 1. The summed E-state index contributed by atoms with van der Waals surface area (Å²) in [5, 5.41) is 1.02. The molecule has 1 aromatic heterocycles. The van der Waals surface area contributed by atoms with Gasteiger partial charge in [0.2, 0.25) is 0 Å². The first kappa shape index (κ1) is 14.0. The number of carbonyl (C=O) groups excluding carboxylic acids is 1. The Labute approximate surface area is 125 Å². The predicted octanol–water partition coefficient (Wildman–Crippen LogP) is 2.35. The number of piperidine rings is 1. The van der Waals surface area contributed by atoms with Crippen LogP contribution in [0.15, 0.2) is 30.3 Å². The van der Waals surface area contributed by atoms with Gasteiger partial charge in [0.1, 0.15) is 0 Å². The van der Waals surface area contributed by atoms with Crippen molar-refractivity contribution in [1.82, 2.24) is 9.88 Å². The molecule has 1 amide bonds. The Hall–Kier alpha value is -1.94. The van der Waals surface area contributed by atoms with Crippen LogP contribution in [0.5, 0.6) is 0 Å². The minimum Gasteiger partial charge on any atom is -0.339 e. The van der Waals surface area contributed by atoms with Crippen LogP contribution >= 0.6 is 0 Å². The second-order valence-electron chi connectivity index (χ2n) is 5.80.